The van der Waals surface area contributed by atoms with Crippen LogP contribution >= 0.6 is 11.6 Å². The lowest BCUT2D eigenvalue weighted by Crippen LogP contribution is -2.20. The van der Waals surface area contributed by atoms with Crippen LogP contribution in [0, 0.1) is 0 Å². The molecule has 0 aliphatic carbocycles. The number of nitrogens with zero attached hydrogens (tertiary/aromatic N) is 2. The molecule has 0 bridgehead atoms. The maximum atomic E-state index is 13.9. The molecular formula is C29H23ClN2O4. The van der Waals surface area contributed by atoms with Gasteiger partial charge >= 0.3 is 5.97 Å². The van der Waals surface area contributed by atoms with E-state index < -0.39 is 5.97 Å². The fourth-order valence-electron chi connectivity index (χ4n) is 4.69. The van der Waals surface area contributed by atoms with Crippen LogP contribution in [0.2, 0.25) is 5.02 Å². The highest BCUT2D eigenvalue weighted by molar-refractivity contribution is 6.31. The summed E-state index contributed by atoms with van der Waals surface area (Å²) in [5.41, 5.74) is 3.97. The summed E-state index contributed by atoms with van der Waals surface area (Å²) in [5, 5.41) is 2.16. The number of hydrogen-bond acceptors (Lipinski definition) is 4. The predicted molar refractivity (Wildman–Crippen MR) is 142 cm³/mol. The second kappa shape index (κ2) is 9.47. The Morgan fingerprint density at radius 3 is 2.33 bits per heavy atom. The molecule has 0 fully saturated rings. The van der Waals surface area contributed by atoms with E-state index >= 15 is 0 Å². The quantitative estimate of drug-likeness (QED) is 0.275. The first-order valence-corrected chi connectivity index (χ1v) is 11.9. The molecular weight excluding hydrogens is 476 g/mol. The van der Waals surface area contributed by atoms with Crippen LogP contribution in [0.25, 0.3) is 44.1 Å². The van der Waals surface area contributed by atoms with Crippen LogP contribution in [0.3, 0.4) is 0 Å². The smallest absolute Gasteiger partial charge is 0.306 e. The number of carbonyl (C=O) groups excluding carboxylic acids is 2. The first-order valence-electron chi connectivity index (χ1n) is 11.5. The Bertz CT molecular complexity index is 1700. The van der Waals surface area contributed by atoms with Crippen LogP contribution in [0.15, 0.2) is 83.8 Å². The number of rotatable bonds is 5. The molecule has 0 saturated carbocycles. The fraction of sp³-hybridized carbons (Fsp3) is 0.138. The first kappa shape index (κ1) is 23.6. The van der Waals surface area contributed by atoms with Gasteiger partial charge in [-0.2, -0.15) is 0 Å². The largest absolute Gasteiger partial charge is 0.469 e. The Labute approximate surface area is 212 Å². The Morgan fingerprint density at radius 2 is 1.58 bits per heavy atom. The van der Waals surface area contributed by atoms with Crippen molar-refractivity contribution in [1.29, 1.82) is 0 Å². The van der Waals surface area contributed by atoms with Gasteiger partial charge in [-0.1, -0.05) is 60.1 Å². The summed E-state index contributed by atoms with van der Waals surface area (Å²) in [5.74, 6) is -0.712. The average molecular weight is 499 g/mol. The maximum absolute atomic E-state index is 13.9. The highest BCUT2D eigenvalue weighted by Gasteiger charge is 2.23. The zero-order chi connectivity index (χ0) is 25.4. The van der Waals surface area contributed by atoms with E-state index in [1.54, 1.807) is 23.9 Å². The molecule has 7 heteroatoms. The van der Waals surface area contributed by atoms with Crippen molar-refractivity contribution in [2.75, 3.05) is 7.11 Å². The number of carbonyl (C=O) groups is 2. The van der Waals surface area contributed by atoms with E-state index in [-0.39, 0.29) is 24.3 Å². The molecule has 0 atom stereocenters. The van der Waals surface area contributed by atoms with Gasteiger partial charge in [0.2, 0.25) is 5.91 Å². The number of methoxy groups -OCH3 is 1. The second-order valence-electron chi connectivity index (χ2n) is 8.54. The maximum Gasteiger partial charge on any atom is 0.306 e. The molecule has 0 N–H and O–H groups in total. The van der Waals surface area contributed by atoms with E-state index in [9.17, 15) is 14.4 Å². The van der Waals surface area contributed by atoms with Crippen molar-refractivity contribution >= 4 is 45.3 Å². The summed E-state index contributed by atoms with van der Waals surface area (Å²) in [6.07, 6.45) is 1.66. The highest BCUT2D eigenvalue weighted by atomic mass is 35.5. The summed E-state index contributed by atoms with van der Waals surface area (Å²) < 4.78 is 7.81. The minimum absolute atomic E-state index is 0.0122. The number of pyridine rings is 1. The van der Waals surface area contributed by atoms with Crippen molar-refractivity contribution in [1.82, 2.24) is 9.13 Å². The third-order valence-electron chi connectivity index (χ3n) is 6.44. The van der Waals surface area contributed by atoms with Gasteiger partial charge in [-0.25, -0.2) is 0 Å². The molecule has 5 rings (SSSR count). The number of aryl methyl sites for hydroxylation is 1. The van der Waals surface area contributed by atoms with E-state index in [1.807, 2.05) is 66.7 Å². The zero-order valence-electron chi connectivity index (χ0n) is 19.8. The number of ether oxygens (including phenoxy) is 1. The summed E-state index contributed by atoms with van der Waals surface area (Å²) in [7, 11) is 3.03. The van der Waals surface area contributed by atoms with Gasteiger partial charge in [0.05, 0.1) is 30.1 Å². The van der Waals surface area contributed by atoms with Crippen molar-refractivity contribution in [3.8, 4) is 22.3 Å². The molecule has 0 aliphatic rings. The minimum Gasteiger partial charge on any atom is -0.469 e. The number of fused-ring (bicyclic) bond motifs is 2. The van der Waals surface area contributed by atoms with Gasteiger partial charge in [0.25, 0.3) is 5.56 Å². The van der Waals surface area contributed by atoms with E-state index in [4.69, 9.17) is 11.6 Å². The Hall–Kier alpha value is -4.16. The molecule has 3 aromatic carbocycles. The van der Waals surface area contributed by atoms with Gasteiger partial charge in [0, 0.05) is 46.6 Å². The summed E-state index contributed by atoms with van der Waals surface area (Å²) in [4.78, 5) is 38.7. The molecule has 0 saturated heterocycles. The van der Waals surface area contributed by atoms with Crippen molar-refractivity contribution in [2.45, 2.75) is 12.8 Å². The van der Waals surface area contributed by atoms with E-state index in [1.165, 1.54) is 11.7 Å². The molecule has 0 amide bonds. The zero-order valence-corrected chi connectivity index (χ0v) is 20.6. The normalized spacial score (nSPS) is 11.2. The topological polar surface area (TPSA) is 70.3 Å². The highest BCUT2D eigenvalue weighted by Crippen LogP contribution is 2.40. The Morgan fingerprint density at radius 1 is 0.861 bits per heavy atom. The number of aromatic nitrogens is 2. The van der Waals surface area contributed by atoms with Crippen molar-refractivity contribution in [2.24, 2.45) is 7.05 Å². The minimum atomic E-state index is -0.452. The molecule has 0 unspecified atom stereocenters. The SMILES string of the molecule is COC(=O)CCC(=O)n1cc(-c2c(-c3ccccc3)c3cc(Cl)ccc3n(C)c2=O)c2ccccc21. The van der Waals surface area contributed by atoms with Crippen LogP contribution in [0.1, 0.15) is 17.6 Å². The van der Waals surface area contributed by atoms with Gasteiger partial charge in [-0.15, -0.1) is 0 Å². The summed E-state index contributed by atoms with van der Waals surface area (Å²) in [6, 6.07) is 22.6. The van der Waals surface area contributed by atoms with Crippen molar-refractivity contribution < 1.29 is 14.3 Å². The molecule has 0 spiro atoms. The molecule has 2 aromatic heterocycles. The van der Waals surface area contributed by atoms with Crippen LogP contribution in [0.5, 0.6) is 0 Å². The van der Waals surface area contributed by atoms with Gasteiger partial charge in [0.1, 0.15) is 0 Å². The van der Waals surface area contributed by atoms with Gasteiger partial charge < -0.3 is 9.30 Å². The summed E-state index contributed by atoms with van der Waals surface area (Å²) in [6.45, 7) is 0. The predicted octanol–water partition coefficient (Wildman–Crippen LogP) is 6.07. The molecule has 0 aliphatic heterocycles. The van der Waals surface area contributed by atoms with Crippen LogP contribution in [-0.4, -0.2) is 28.1 Å². The third-order valence-corrected chi connectivity index (χ3v) is 6.68. The number of para-hydroxylation sites is 1. The van der Waals surface area contributed by atoms with Gasteiger partial charge in [0.15, 0.2) is 0 Å². The van der Waals surface area contributed by atoms with Crippen LogP contribution in [-0.2, 0) is 16.6 Å². The molecule has 5 aromatic rings. The number of hydrogen-bond donors (Lipinski definition) is 0. The summed E-state index contributed by atoms with van der Waals surface area (Å²) >= 11 is 6.41. The first-order chi connectivity index (χ1) is 17.4. The molecule has 0 radical (unpaired) electrons. The van der Waals surface area contributed by atoms with E-state index in [0.717, 1.165) is 27.4 Å². The average Bonchev–Trinajstić information content (AvgIpc) is 3.28. The van der Waals surface area contributed by atoms with Gasteiger partial charge in [-0.05, 0) is 29.8 Å². The number of halogens is 1. The van der Waals surface area contributed by atoms with Crippen LogP contribution in [0.4, 0.5) is 0 Å². The Kier molecular flexibility index (Phi) is 6.20. The molecule has 180 valence electrons. The molecule has 6 nitrogen and oxygen atoms in total. The lowest BCUT2D eigenvalue weighted by molar-refractivity contribution is -0.140. The molecule has 2 heterocycles. The van der Waals surface area contributed by atoms with E-state index in [0.29, 0.717) is 21.7 Å². The number of esters is 1. The lowest BCUT2D eigenvalue weighted by Gasteiger charge is -2.16. The number of benzene rings is 3. The second-order valence-corrected chi connectivity index (χ2v) is 8.98. The van der Waals surface area contributed by atoms with Crippen molar-refractivity contribution in [3.05, 3.63) is 94.4 Å². The standard InChI is InChI=1S/C29H23ClN2O4/c1-31-23-13-12-19(30)16-21(23)27(18-8-4-3-5-9-18)28(29(31)35)22-17-32(24-11-7-6-10-20(22)24)25(33)14-15-26(34)36-2/h3-13,16-17H,14-15H2,1-2H3. The van der Waals surface area contributed by atoms with Crippen molar-refractivity contribution in [3.63, 3.8) is 0 Å². The van der Waals surface area contributed by atoms with Crippen LogP contribution < -0.4 is 5.56 Å². The fourth-order valence-corrected chi connectivity index (χ4v) is 4.86. The van der Waals surface area contributed by atoms with E-state index in [2.05, 4.69) is 4.74 Å². The lowest BCUT2D eigenvalue weighted by atomic mass is 9.92. The molecule has 36 heavy (non-hydrogen) atoms. The van der Waals surface area contributed by atoms with Gasteiger partial charge in [-0.3, -0.25) is 19.0 Å². The Balaban J connectivity index is 1.84. The third kappa shape index (κ3) is 3.99. The monoisotopic (exact) mass is 498 g/mol.